The van der Waals surface area contributed by atoms with Gasteiger partial charge in [-0.15, -0.1) is 0 Å². The van der Waals surface area contributed by atoms with Crippen molar-refractivity contribution in [2.45, 2.75) is 121 Å². The van der Waals surface area contributed by atoms with Crippen LogP contribution in [0.5, 0.6) is 0 Å². The van der Waals surface area contributed by atoms with Crippen LogP contribution >= 0.6 is 0 Å². The Morgan fingerprint density at radius 2 is 0.575 bits per heavy atom. The van der Waals surface area contributed by atoms with Crippen molar-refractivity contribution >= 4 is 17.3 Å². The molecule has 0 spiro atoms. The Labute approximate surface area is 435 Å². The van der Waals surface area contributed by atoms with Gasteiger partial charge in [0.15, 0.2) is 0 Å². The number of carbonyl (C=O) groups excluding carboxylic acids is 3. The molecule has 6 aromatic rings. The minimum absolute atomic E-state index is 0.161. The fraction of sp³-hybridized carbons (Fsp3) is 0.391. The molecular weight excluding hydrogens is 916 g/mol. The van der Waals surface area contributed by atoms with Crippen molar-refractivity contribution in [1.82, 2.24) is 14.7 Å². The molecule has 0 fully saturated rings. The Hall–Kier alpha value is -6.00. The molecule has 9 heteroatoms. The van der Waals surface area contributed by atoms with Crippen molar-refractivity contribution < 1.29 is 27.6 Å². The maximum atomic E-state index is 13.5. The number of hydrogen-bond acceptors (Lipinski definition) is 6. The highest BCUT2D eigenvalue weighted by molar-refractivity contribution is 5.95. The molecule has 0 N–H and O–H groups in total. The lowest BCUT2D eigenvalue weighted by Gasteiger charge is -2.37. The Balaban J connectivity index is 0.000000237. The fourth-order valence-electron chi connectivity index (χ4n) is 9.78. The number of hydrogen-bond donors (Lipinski definition) is 0. The molecule has 390 valence electrons. The van der Waals surface area contributed by atoms with Crippen molar-refractivity contribution in [2.75, 3.05) is 42.3 Å². The molecule has 0 saturated heterocycles. The fourth-order valence-corrected chi connectivity index (χ4v) is 9.78. The monoisotopic (exact) mass is 996 g/mol. The quantitative estimate of drug-likeness (QED) is 0.0716. The lowest BCUT2D eigenvalue weighted by Crippen LogP contribution is -2.43. The van der Waals surface area contributed by atoms with Crippen molar-refractivity contribution in [2.24, 2.45) is 0 Å². The van der Waals surface area contributed by atoms with Crippen LogP contribution in [0.1, 0.15) is 119 Å². The molecule has 0 aliphatic carbocycles. The van der Waals surface area contributed by atoms with Gasteiger partial charge in [-0.1, -0.05) is 148 Å². The van der Waals surface area contributed by atoms with E-state index >= 15 is 0 Å². The maximum absolute atomic E-state index is 13.5. The van der Waals surface area contributed by atoms with Crippen molar-refractivity contribution in [3.63, 3.8) is 0 Å². The average molecular weight is 996 g/mol. The summed E-state index contributed by atoms with van der Waals surface area (Å²) in [6.07, 6.45) is 3.27. The highest BCUT2D eigenvalue weighted by Crippen LogP contribution is 2.42. The first-order valence-electron chi connectivity index (χ1n) is 25.7. The van der Waals surface area contributed by atoms with E-state index in [1.54, 1.807) is 36.4 Å². The molecule has 6 atom stereocenters. The Kier molecular flexibility index (Phi) is 22.3. The van der Waals surface area contributed by atoms with E-state index in [0.717, 1.165) is 38.9 Å². The largest absolute Gasteiger partial charge is 0.307 e. The van der Waals surface area contributed by atoms with Crippen LogP contribution < -0.4 is 0 Å². The molecule has 6 aromatic carbocycles. The number of rotatable bonds is 21. The number of Topliss-reactive ketones (excluding diaryl/α,β-unsaturated/α-hetero) is 3. The maximum Gasteiger partial charge on any atom is 0.147 e. The summed E-state index contributed by atoms with van der Waals surface area (Å²) in [5.74, 6) is -0.374. The van der Waals surface area contributed by atoms with Crippen LogP contribution in [0.15, 0.2) is 158 Å². The smallest absolute Gasteiger partial charge is 0.147 e. The first-order valence-corrected chi connectivity index (χ1v) is 25.7. The molecule has 0 radical (unpaired) electrons. The van der Waals surface area contributed by atoms with E-state index in [-0.39, 0.29) is 52.9 Å². The Bertz CT molecular complexity index is 2450. The van der Waals surface area contributed by atoms with Gasteiger partial charge in [0, 0.05) is 37.4 Å². The summed E-state index contributed by atoms with van der Waals surface area (Å²) in [5, 5.41) is 0. The van der Waals surface area contributed by atoms with Gasteiger partial charge in [0.2, 0.25) is 0 Å². The molecule has 0 amide bonds. The molecule has 6 rings (SSSR count). The van der Waals surface area contributed by atoms with Gasteiger partial charge in [0.1, 0.15) is 34.8 Å². The van der Waals surface area contributed by atoms with Gasteiger partial charge in [-0.2, -0.15) is 0 Å². The van der Waals surface area contributed by atoms with Crippen LogP contribution in [0, 0.1) is 24.4 Å². The van der Waals surface area contributed by atoms with Crippen molar-refractivity contribution in [1.29, 1.82) is 0 Å². The predicted molar refractivity (Wildman–Crippen MR) is 295 cm³/mol. The lowest BCUT2D eigenvalue weighted by molar-refractivity contribution is -0.124. The Morgan fingerprint density at radius 1 is 0.370 bits per heavy atom. The second-order valence-electron chi connectivity index (χ2n) is 20.2. The highest BCUT2D eigenvalue weighted by atomic mass is 19.1. The number of nitrogens with zero attached hydrogens (tertiary/aromatic N) is 3. The molecule has 0 saturated carbocycles. The predicted octanol–water partition coefficient (Wildman–Crippen LogP) is 13.6. The molecule has 0 bridgehead atoms. The van der Waals surface area contributed by atoms with Gasteiger partial charge in [0.25, 0.3) is 0 Å². The van der Waals surface area contributed by atoms with E-state index in [0.29, 0.717) is 38.5 Å². The van der Waals surface area contributed by atoms with Gasteiger partial charge < -0.3 is 14.7 Å². The first-order chi connectivity index (χ1) is 34.6. The van der Waals surface area contributed by atoms with E-state index in [2.05, 4.69) is 35.5 Å². The zero-order valence-electron chi connectivity index (χ0n) is 45.7. The molecule has 73 heavy (non-hydrogen) atoms. The zero-order chi connectivity index (χ0) is 54.1. The summed E-state index contributed by atoms with van der Waals surface area (Å²) < 4.78 is 40.4. The summed E-state index contributed by atoms with van der Waals surface area (Å²) in [7, 11) is 12.1. The summed E-state index contributed by atoms with van der Waals surface area (Å²) in [5.41, 5.74) is 4.37. The first kappa shape index (κ1) is 59.6. The molecule has 6 nitrogen and oxygen atoms in total. The van der Waals surface area contributed by atoms with Crippen LogP contribution in [0.2, 0.25) is 0 Å². The van der Waals surface area contributed by atoms with Gasteiger partial charge in [-0.25, -0.2) is 13.2 Å². The second-order valence-corrected chi connectivity index (χ2v) is 20.2. The second kappa shape index (κ2) is 27.3. The zero-order valence-corrected chi connectivity index (χ0v) is 45.7. The summed E-state index contributed by atoms with van der Waals surface area (Å²) in [6, 6.07) is 47.6. The Morgan fingerprint density at radius 3 is 0.781 bits per heavy atom. The van der Waals surface area contributed by atoms with E-state index in [1.165, 1.54) is 36.4 Å². The highest BCUT2D eigenvalue weighted by Gasteiger charge is 2.44. The van der Waals surface area contributed by atoms with Gasteiger partial charge in [-0.3, -0.25) is 14.4 Å². The lowest BCUT2D eigenvalue weighted by atomic mass is 9.66. The van der Waals surface area contributed by atoms with Crippen LogP contribution in [0.4, 0.5) is 13.2 Å². The normalized spacial score (nSPS) is 15.1. The van der Waals surface area contributed by atoms with E-state index in [4.69, 9.17) is 0 Å². The molecule has 0 aliphatic heterocycles. The van der Waals surface area contributed by atoms with E-state index in [1.807, 2.05) is 155 Å². The third-order valence-electron chi connectivity index (χ3n) is 14.9. The average Bonchev–Trinajstić information content (AvgIpc) is 3.39. The summed E-state index contributed by atoms with van der Waals surface area (Å²) in [4.78, 5) is 45.9. The van der Waals surface area contributed by atoms with E-state index in [9.17, 15) is 27.6 Å². The number of benzene rings is 6. The van der Waals surface area contributed by atoms with Crippen LogP contribution in [-0.4, -0.2) is 92.5 Å². The minimum Gasteiger partial charge on any atom is -0.307 e. The van der Waals surface area contributed by atoms with Crippen LogP contribution in [0.3, 0.4) is 0 Å². The van der Waals surface area contributed by atoms with Crippen molar-refractivity contribution in [3.8, 4) is 0 Å². The SMILES string of the molecule is CCC(=O)C(CC(C)N(C)C)(c1ccc(C)cc1)c1ccc(F)cc1.CCC(=O)C(CC(C)N(C)C)(c1ccccc1)c1ccc(F)cc1.CCC(=O)C(CC(C)N(C)C)(c1ccccc1)c1ccc(F)cc1. The topological polar surface area (TPSA) is 60.9 Å². The van der Waals surface area contributed by atoms with Gasteiger partial charge in [-0.05, 0) is 159 Å². The number of ketones is 3. The third kappa shape index (κ3) is 14.4. The number of halogens is 3. The molecular formula is C64H80F3N3O3. The number of carbonyl (C=O) groups is 3. The van der Waals surface area contributed by atoms with Gasteiger partial charge >= 0.3 is 0 Å². The molecule has 0 aliphatic rings. The number of aryl methyl sites for hydroxylation is 1. The molecule has 0 aromatic heterocycles. The standard InChI is InChI=1S/C22H28FNO.2C21H26FNO/c1-6-21(25)22(15-17(3)24(4)5,18-9-7-16(2)8-10-18)19-11-13-20(23)14-12-19;2*1-5-20(24)21(15-16(2)23(3)4,17-9-7-6-8-10-17)18-11-13-19(22)14-12-18/h7-14,17H,6,15H2,1-5H3;2*6-14,16H,5,15H2,1-4H3. The van der Waals surface area contributed by atoms with Crippen molar-refractivity contribution in [3.05, 3.63) is 214 Å². The summed E-state index contributed by atoms with van der Waals surface area (Å²) >= 11 is 0. The molecule has 6 unspecified atom stereocenters. The minimum atomic E-state index is -0.764. The van der Waals surface area contributed by atoms with Crippen LogP contribution in [0.25, 0.3) is 0 Å². The van der Waals surface area contributed by atoms with E-state index < -0.39 is 16.2 Å². The van der Waals surface area contributed by atoms with Gasteiger partial charge in [0.05, 0.1) is 16.2 Å². The molecule has 0 heterocycles. The van der Waals surface area contributed by atoms with Crippen LogP contribution in [-0.2, 0) is 30.6 Å². The third-order valence-corrected chi connectivity index (χ3v) is 14.9. The summed E-state index contributed by atoms with van der Waals surface area (Å²) in [6.45, 7) is 14.1.